The van der Waals surface area contributed by atoms with Crippen LogP contribution in [-0.4, -0.2) is 28.9 Å². The molecule has 0 aromatic heterocycles. The Labute approximate surface area is 170 Å². The molecule has 0 spiro atoms. The number of guanidine groups is 1. The van der Waals surface area contributed by atoms with E-state index >= 15 is 0 Å². The first kappa shape index (κ1) is 19.2. The lowest BCUT2D eigenvalue weighted by Crippen LogP contribution is -2.52. The van der Waals surface area contributed by atoms with E-state index in [4.69, 9.17) is 5.73 Å². The number of rotatable bonds is 3. The summed E-state index contributed by atoms with van der Waals surface area (Å²) in [5, 5.41) is 19.9. The lowest BCUT2D eigenvalue weighted by atomic mass is 9.72. The van der Waals surface area contributed by atoms with E-state index in [1.165, 1.54) is 4.90 Å². The molecule has 2 aromatic rings. The SMILES string of the molecule is CN1C(=O)[C@H](c2ccc(C3(O)CCC3)cc2)[C@@](C)(c2cccc(C#N)c2)N=C1N. The minimum atomic E-state index is -0.949. The Kier molecular flexibility index (Phi) is 4.44. The van der Waals surface area contributed by atoms with Crippen molar-refractivity contribution in [1.82, 2.24) is 4.90 Å². The average Bonchev–Trinajstić information content (AvgIpc) is 2.71. The van der Waals surface area contributed by atoms with Crippen molar-refractivity contribution in [1.29, 1.82) is 5.26 Å². The van der Waals surface area contributed by atoms with Crippen LogP contribution < -0.4 is 5.73 Å². The van der Waals surface area contributed by atoms with Gasteiger partial charge in [-0.05, 0) is 55.0 Å². The topological polar surface area (TPSA) is 103 Å². The average molecular weight is 388 g/mol. The van der Waals surface area contributed by atoms with Gasteiger partial charge in [-0.2, -0.15) is 5.26 Å². The number of carbonyl (C=O) groups excluding carboxylic acids is 1. The Morgan fingerprint density at radius 3 is 2.48 bits per heavy atom. The van der Waals surface area contributed by atoms with Crippen LogP contribution in [0.3, 0.4) is 0 Å². The number of amides is 1. The number of aliphatic hydroxyl groups is 1. The Morgan fingerprint density at radius 2 is 1.90 bits per heavy atom. The summed E-state index contributed by atoms with van der Waals surface area (Å²) >= 11 is 0. The maximum absolute atomic E-state index is 13.3. The molecule has 1 saturated carbocycles. The zero-order valence-corrected chi connectivity index (χ0v) is 16.6. The standard InChI is InChI=1S/C23H24N4O2/c1-22(18-6-3-5-15(13-18)14-24)19(20(28)27(2)21(25)26-22)16-7-9-17(10-8-16)23(29)11-4-12-23/h3,5-10,13,19,29H,4,11-12H2,1-2H3,(H2,25,26)/t19-,22+/m0/s1. The van der Waals surface area contributed by atoms with Crippen molar-refractivity contribution in [3.8, 4) is 6.07 Å². The third-order valence-electron chi connectivity index (χ3n) is 6.37. The fraction of sp³-hybridized carbons (Fsp3) is 0.348. The molecule has 2 atom stereocenters. The highest BCUT2D eigenvalue weighted by Gasteiger charge is 2.47. The molecule has 1 aliphatic carbocycles. The van der Waals surface area contributed by atoms with Gasteiger partial charge in [0.15, 0.2) is 5.96 Å². The van der Waals surface area contributed by atoms with Crippen molar-refractivity contribution in [2.24, 2.45) is 10.7 Å². The molecule has 0 radical (unpaired) electrons. The van der Waals surface area contributed by atoms with E-state index in [1.807, 2.05) is 37.3 Å². The maximum Gasteiger partial charge on any atom is 0.239 e. The van der Waals surface area contributed by atoms with Gasteiger partial charge in [-0.25, -0.2) is 4.99 Å². The van der Waals surface area contributed by atoms with Crippen LogP contribution in [0.5, 0.6) is 0 Å². The number of hydrogen-bond acceptors (Lipinski definition) is 5. The van der Waals surface area contributed by atoms with Crippen LogP contribution in [0, 0.1) is 11.3 Å². The van der Waals surface area contributed by atoms with Crippen LogP contribution >= 0.6 is 0 Å². The van der Waals surface area contributed by atoms with Gasteiger partial charge in [0.25, 0.3) is 0 Å². The number of likely N-dealkylation sites (N-methyl/N-ethyl adjacent to an activating group) is 1. The Bertz CT molecular complexity index is 1030. The molecule has 1 fully saturated rings. The number of nitrogens with two attached hydrogens (primary N) is 1. The highest BCUT2D eigenvalue weighted by atomic mass is 16.3. The molecule has 0 bridgehead atoms. The monoisotopic (exact) mass is 388 g/mol. The molecule has 2 aromatic carbocycles. The number of aliphatic imine (C=N–C) groups is 1. The molecule has 1 heterocycles. The fourth-order valence-corrected chi connectivity index (χ4v) is 4.31. The van der Waals surface area contributed by atoms with Crippen molar-refractivity contribution in [3.05, 3.63) is 70.8 Å². The van der Waals surface area contributed by atoms with Crippen molar-refractivity contribution in [3.63, 3.8) is 0 Å². The van der Waals surface area contributed by atoms with E-state index in [9.17, 15) is 15.2 Å². The molecule has 1 amide bonds. The molecule has 2 aliphatic rings. The van der Waals surface area contributed by atoms with Crippen LogP contribution in [0.15, 0.2) is 53.5 Å². The highest BCUT2D eigenvalue weighted by molar-refractivity contribution is 6.02. The van der Waals surface area contributed by atoms with Gasteiger partial charge in [-0.1, -0.05) is 36.4 Å². The lowest BCUT2D eigenvalue weighted by molar-refractivity contribution is -0.130. The molecular weight excluding hydrogens is 364 g/mol. The van der Waals surface area contributed by atoms with Gasteiger partial charge in [-0.15, -0.1) is 0 Å². The number of hydrogen-bond donors (Lipinski definition) is 2. The molecular formula is C23H24N4O2. The van der Waals surface area contributed by atoms with E-state index in [0.717, 1.165) is 36.0 Å². The van der Waals surface area contributed by atoms with Crippen LogP contribution in [0.1, 0.15) is 54.4 Å². The molecule has 148 valence electrons. The maximum atomic E-state index is 13.3. The second-order valence-electron chi connectivity index (χ2n) is 8.15. The molecule has 0 unspecified atom stereocenters. The minimum Gasteiger partial charge on any atom is -0.385 e. The Hall–Kier alpha value is -3.17. The molecule has 29 heavy (non-hydrogen) atoms. The fourth-order valence-electron chi connectivity index (χ4n) is 4.31. The summed E-state index contributed by atoms with van der Waals surface area (Å²) in [5.74, 6) is -0.604. The predicted molar refractivity (Wildman–Crippen MR) is 110 cm³/mol. The largest absolute Gasteiger partial charge is 0.385 e. The van der Waals surface area contributed by atoms with Gasteiger partial charge >= 0.3 is 0 Å². The van der Waals surface area contributed by atoms with E-state index in [0.29, 0.717) is 5.56 Å². The lowest BCUT2D eigenvalue weighted by Gasteiger charge is -2.41. The number of nitriles is 1. The molecule has 4 rings (SSSR count). The van der Waals surface area contributed by atoms with Crippen molar-refractivity contribution >= 4 is 11.9 Å². The summed E-state index contributed by atoms with van der Waals surface area (Å²) in [7, 11) is 1.62. The van der Waals surface area contributed by atoms with E-state index in [1.54, 1.807) is 25.2 Å². The quantitative estimate of drug-likeness (QED) is 0.844. The van der Waals surface area contributed by atoms with Crippen molar-refractivity contribution < 1.29 is 9.90 Å². The second-order valence-corrected chi connectivity index (χ2v) is 8.15. The summed E-state index contributed by atoms with van der Waals surface area (Å²) in [6, 6.07) is 16.9. The molecule has 6 nitrogen and oxygen atoms in total. The highest BCUT2D eigenvalue weighted by Crippen LogP contribution is 2.45. The zero-order chi connectivity index (χ0) is 20.8. The third-order valence-corrected chi connectivity index (χ3v) is 6.37. The number of nitrogens with zero attached hydrogens (tertiary/aromatic N) is 3. The van der Waals surface area contributed by atoms with E-state index in [2.05, 4.69) is 11.1 Å². The molecule has 6 heteroatoms. The summed E-state index contributed by atoms with van der Waals surface area (Å²) in [5.41, 5.74) is 7.29. The van der Waals surface area contributed by atoms with Gasteiger partial charge < -0.3 is 10.8 Å². The van der Waals surface area contributed by atoms with Gasteiger partial charge in [0, 0.05) is 7.05 Å². The first-order chi connectivity index (χ1) is 13.8. The minimum absolute atomic E-state index is 0.150. The number of benzene rings is 2. The second kappa shape index (κ2) is 6.71. The predicted octanol–water partition coefficient (Wildman–Crippen LogP) is 2.72. The summed E-state index contributed by atoms with van der Waals surface area (Å²) in [6.07, 6.45) is 2.54. The van der Waals surface area contributed by atoms with Gasteiger partial charge in [0.05, 0.1) is 23.2 Å². The normalized spacial score (nSPS) is 25.7. The summed E-state index contributed by atoms with van der Waals surface area (Å²) < 4.78 is 0. The number of carbonyl (C=O) groups is 1. The van der Waals surface area contributed by atoms with Crippen molar-refractivity contribution in [2.75, 3.05) is 7.05 Å². The van der Waals surface area contributed by atoms with Crippen molar-refractivity contribution in [2.45, 2.75) is 43.2 Å². The Balaban J connectivity index is 1.82. The van der Waals surface area contributed by atoms with Crippen LogP contribution in [0.4, 0.5) is 0 Å². The zero-order valence-electron chi connectivity index (χ0n) is 16.6. The van der Waals surface area contributed by atoms with E-state index in [-0.39, 0.29) is 11.9 Å². The van der Waals surface area contributed by atoms with E-state index < -0.39 is 17.1 Å². The van der Waals surface area contributed by atoms with Crippen LogP contribution in [0.25, 0.3) is 0 Å². The molecule has 0 saturated heterocycles. The first-order valence-electron chi connectivity index (χ1n) is 9.75. The smallest absolute Gasteiger partial charge is 0.239 e. The van der Waals surface area contributed by atoms with Gasteiger partial charge in [-0.3, -0.25) is 9.69 Å². The Morgan fingerprint density at radius 1 is 1.21 bits per heavy atom. The summed E-state index contributed by atoms with van der Waals surface area (Å²) in [4.78, 5) is 19.3. The third kappa shape index (κ3) is 2.99. The van der Waals surface area contributed by atoms with Gasteiger partial charge in [0.2, 0.25) is 5.91 Å². The molecule has 3 N–H and O–H groups in total. The summed E-state index contributed by atoms with van der Waals surface area (Å²) in [6.45, 7) is 1.87. The first-order valence-corrected chi connectivity index (χ1v) is 9.75. The molecule has 1 aliphatic heterocycles. The van der Waals surface area contributed by atoms with Crippen LogP contribution in [0.2, 0.25) is 0 Å². The van der Waals surface area contributed by atoms with Crippen LogP contribution in [-0.2, 0) is 15.9 Å². The van der Waals surface area contributed by atoms with Gasteiger partial charge in [0.1, 0.15) is 5.54 Å².